The summed E-state index contributed by atoms with van der Waals surface area (Å²) in [5.74, 6) is -0.372. The molecule has 2 saturated heterocycles. The van der Waals surface area contributed by atoms with E-state index in [-0.39, 0.29) is 25.6 Å². The molecule has 14 heteroatoms. The molecule has 2 heterocycles. The van der Waals surface area contributed by atoms with E-state index < -0.39 is 80.7 Å². The van der Waals surface area contributed by atoms with Gasteiger partial charge in [-0.15, -0.1) is 0 Å². The van der Waals surface area contributed by atoms with Crippen molar-refractivity contribution in [3.05, 3.63) is 0 Å². The number of hydrogen-bond donors (Lipinski definition) is 7. The van der Waals surface area contributed by atoms with Gasteiger partial charge in [-0.1, -0.05) is 200 Å². The van der Waals surface area contributed by atoms with Gasteiger partial charge in [0.25, 0.3) is 0 Å². The maximum Gasteiger partial charge on any atom is 0.306 e. The third-order valence-corrected chi connectivity index (χ3v) is 13.1. The molecule has 2 fully saturated rings. The summed E-state index contributed by atoms with van der Waals surface area (Å²) in [7, 11) is 0. The Morgan fingerprint density at radius 1 is 0.446 bits per heavy atom. The number of rotatable bonds is 43. The van der Waals surface area contributed by atoms with Crippen molar-refractivity contribution in [3.8, 4) is 0 Å². The van der Waals surface area contributed by atoms with E-state index in [1.54, 1.807) is 0 Å². The van der Waals surface area contributed by atoms with Crippen LogP contribution in [0.5, 0.6) is 0 Å². The Balaban J connectivity index is 1.64. The average molecular weight is 935 g/mol. The Kier molecular flexibility index (Phi) is 36.8. The summed E-state index contributed by atoms with van der Waals surface area (Å²) >= 11 is 0. The highest BCUT2D eigenvalue weighted by molar-refractivity contribution is 5.69. The molecule has 0 aromatic rings. The molecule has 14 nitrogen and oxygen atoms in total. The first-order chi connectivity index (χ1) is 31.6. The molecule has 2 aliphatic heterocycles. The molecule has 7 N–H and O–H groups in total. The fourth-order valence-electron chi connectivity index (χ4n) is 8.76. The lowest BCUT2D eigenvalue weighted by Gasteiger charge is -2.42. The Morgan fingerprint density at radius 2 is 0.815 bits per heavy atom. The number of aliphatic hydroxyl groups excluding tert-OH is 7. The molecular weight excluding hydrogens is 837 g/mol. The van der Waals surface area contributed by atoms with Gasteiger partial charge >= 0.3 is 5.97 Å². The highest BCUT2D eigenvalue weighted by atomic mass is 16.7. The van der Waals surface area contributed by atoms with Crippen molar-refractivity contribution < 1.29 is 69.0 Å². The van der Waals surface area contributed by atoms with Crippen LogP contribution in [0.25, 0.3) is 0 Å². The molecule has 0 radical (unpaired) electrons. The van der Waals surface area contributed by atoms with Gasteiger partial charge in [-0.2, -0.15) is 0 Å². The molecule has 0 spiro atoms. The third-order valence-electron chi connectivity index (χ3n) is 13.1. The first-order valence-electron chi connectivity index (χ1n) is 26.6. The van der Waals surface area contributed by atoms with Crippen LogP contribution in [0, 0.1) is 0 Å². The zero-order chi connectivity index (χ0) is 47.3. The van der Waals surface area contributed by atoms with Crippen molar-refractivity contribution in [1.29, 1.82) is 0 Å². The Morgan fingerprint density at radius 3 is 1.25 bits per heavy atom. The van der Waals surface area contributed by atoms with Gasteiger partial charge < -0.3 is 64.2 Å². The molecule has 0 bridgehead atoms. The zero-order valence-electron chi connectivity index (χ0n) is 41.0. The molecular formula is C51H98O14. The molecule has 0 aliphatic carbocycles. The number of esters is 1. The standard InChI is InChI=1S/C51H98O14/c1-3-5-7-9-11-12-13-14-15-16-17-18-19-20-21-22-23-24-25-26-27-28-30-32-34-43(53)63-40(37-60-35-33-31-29-10-8-6-4-2)38-61-50-49(59)47(57)45(55)42(65-50)39-62-51-48(58)46(56)44(54)41(36-52)64-51/h40-42,44-52,54-59H,3-39H2,1-2H3. The first kappa shape index (κ1) is 60.1. The molecule has 2 rings (SSSR count). The van der Waals surface area contributed by atoms with Crippen LogP contribution in [0.4, 0.5) is 0 Å². The average Bonchev–Trinajstić information content (AvgIpc) is 3.30. The normalized spacial score (nSPS) is 26.4. The van der Waals surface area contributed by atoms with E-state index in [1.807, 2.05) is 0 Å². The van der Waals surface area contributed by atoms with Gasteiger partial charge in [0.1, 0.15) is 54.9 Å². The molecule has 11 unspecified atom stereocenters. The van der Waals surface area contributed by atoms with E-state index in [4.69, 9.17) is 28.4 Å². The monoisotopic (exact) mass is 935 g/mol. The molecule has 386 valence electrons. The molecule has 2 aliphatic rings. The summed E-state index contributed by atoms with van der Waals surface area (Å²) < 4.78 is 34.1. The van der Waals surface area contributed by atoms with E-state index in [9.17, 15) is 40.5 Å². The topological polar surface area (TPSA) is 214 Å². The summed E-state index contributed by atoms with van der Waals surface area (Å²) in [4.78, 5) is 13.0. The van der Waals surface area contributed by atoms with Crippen molar-refractivity contribution in [3.63, 3.8) is 0 Å². The van der Waals surface area contributed by atoms with E-state index in [1.165, 1.54) is 154 Å². The lowest BCUT2D eigenvalue weighted by Crippen LogP contribution is -2.61. The molecule has 0 aromatic heterocycles. The first-order valence-corrected chi connectivity index (χ1v) is 26.6. The van der Waals surface area contributed by atoms with Crippen molar-refractivity contribution in [2.75, 3.05) is 33.0 Å². The fraction of sp³-hybridized carbons (Fsp3) is 0.980. The van der Waals surface area contributed by atoms with Crippen molar-refractivity contribution in [2.45, 2.75) is 287 Å². The van der Waals surface area contributed by atoms with E-state index in [2.05, 4.69) is 13.8 Å². The molecule has 0 saturated carbocycles. The van der Waals surface area contributed by atoms with Gasteiger partial charge in [0.15, 0.2) is 12.6 Å². The number of aliphatic hydroxyl groups is 7. The molecule has 0 aromatic carbocycles. The van der Waals surface area contributed by atoms with Crippen LogP contribution in [0.3, 0.4) is 0 Å². The van der Waals surface area contributed by atoms with Crippen LogP contribution < -0.4 is 0 Å². The smallest absolute Gasteiger partial charge is 0.306 e. The summed E-state index contributed by atoms with van der Waals surface area (Å²) in [6.07, 6.45) is 23.5. The van der Waals surface area contributed by atoms with Gasteiger partial charge in [0, 0.05) is 13.0 Å². The summed E-state index contributed by atoms with van der Waals surface area (Å²) in [5, 5.41) is 71.9. The minimum Gasteiger partial charge on any atom is -0.457 e. The number of hydrogen-bond acceptors (Lipinski definition) is 14. The SMILES string of the molecule is CCCCCCCCCCCCCCCCCCCCCCCCCCC(=O)OC(COCCCCCCCCC)COC1OC(COC2OC(CO)C(O)C(O)C2O)C(O)C(O)C1O. The fourth-order valence-corrected chi connectivity index (χ4v) is 8.76. The Bertz CT molecular complexity index is 1090. The second-order valence-corrected chi connectivity index (χ2v) is 19.1. The summed E-state index contributed by atoms with van der Waals surface area (Å²) in [6.45, 7) is 3.69. The Hall–Kier alpha value is -1.01. The lowest BCUT2D eigenvalue weighted by molar-refractivity contribution is -0.332. The van der Waals surface area contributed by atoms with Crippen LogP contribution in [0.2, 0.25) is 0 Å². The van der Waals surface area contributed by atoms with Crippen LogP contribution in [-0.2, 0) is 33.2 Å². The second-order valence-electron chi connectivity index (χ2n) is 19.1. The molecule has 65 heavy (non-hydrogen) atoms. The van der Waals surface area contributed by atoms with Crippen molar-refractivity contribution in [2.24, 2.45) is 0 Å². The van der Waals surface area contributed by atoms with Gasteiger partial charge in [0.2, 0.25) is 0 Å². The van der Waals surface area contributed by atoms with E-state index in [0.717, 1.165) is 44.9 Å². The zero-order valence-corrected chi connectivity index (χ0v) is 41.0. The maximum atomic E-state index is 13.0. The minimum atomic E-state index is -1.70. The van der Waals surface area contributed by atoms with Crippen molar-refractivity contribution >= 4 is 5.97 Å². The summed E-state index contributed by atoms with van der Waals surface area (Å²) in [6, 6.07) is 0. The summed E-state index contributed by atoms with van der Waals surface area (Å²) in [5.41, 5.74) is 0. The predicted octanol–water partition coefficient (Wildman–Crippen LogP) is 8.08. The van der Waals surface area contributed by atoms with E-state index in [0.29, 0.717) is 6.61 Å². The van der Waals surface area contributed by atoms with Gasteiger partial charge in [-0.3, -0.25) is 4.79 Å². The van der Waals surface area contributed by atoms with Crippen LogP contribution in [0.15, 0.2) is 0 Å². The predicted molar refractivity (Wildman–Crippen MR) is 252 cm³/mol. The largest absolute Gasteiger partial charge is 0.457 e. The number of carbonyl (C=O) groups excluding carboxylic acids is 1. The highest BCUT2D eigenvalue weighted by Gasteiger charge is 2.47. The molecule has 11 atom stereocenters. The quantitative estimate of drug-likeness (QED) is 0.0228. The van der Waals surface area contributed by atoms with Gasteiger partial charge in [0.05, 0.1) is 26.4 Å². The third kappa shape index (κ3) is 27.7. The van der Waals surface area contributed by atoms with Crippen molar-refractivity contribution in [1.82, 2.24) is 0 Å². The number of unbranched alkanes of at least 4 members (excludes halogenated alkanes) is 29. The van der Waals surface area contributed by atoms with E-state index >= 15 is 0 Å². The van der Waals surface area contributed by atoms with Gasteiger partial charge in [-0.05, 0) is 12.8 Å². The van der Waals surface area contributed by atoms with Crippen LogP contribution in [0.1, 0.15) is 219 Å². The second kappa shape index (κ2) is 39.8. The highest BCUT2D eigenvalue weighted by Crippen LogP contribution is 2.27. The maximum absolute atomic E-state index is 13.0. The number of ether oxygens (including phenoxy) is 6. The van der Waals surface area contributed by atoms with Crippen LogP contribution in [-0.4, -0.2) is 142 Å². The molecule has 0 amide bonds. The van der Waals surface area contributed by atoms with Crippen LogP contribution >= 0.6 is 0 Å². The van der Waals surface area contributed by atoms with Gasteiger partial charge in [-0.25, -0.2) is 0 Å². The lowest BCUT2D eigenvalue weighted by atomic mass is 9.98. The minimum absolute atomic E-state index is 0.0681. The Labute approximate surface area is 393 Å². The number of carbonyl (C=O) groups is 1.